The summed E-state index contributed by atoms with van der Waals surface area (Å²) < 4.78 is 16.3. The highest BCUT2D eigenvalue weighted by Crippen LogP contribution is 2.42. The quantitative estimate of drug-likeness (QED) is 0.504. The Hall–Kier alpha value is -3.55. The fourth-order valence-corrected chi connectivity index (χ4v) is 4.47. The summed E-state index contributed by atoms with van der Waals surface area (Å²) in [6, 6.07) is 12.3. The van der Waals surface area contributed by atoms with Crippen LogP contribution < -0.4 is 14.4 Å². The molecule has 0 aromatic heterocycles. The monoisotopic (exact) mass is 482 g/mol. The Morgan fingerprint density at radius 1 is 1.00 bits per heavy atom. The van der Waals surface area contributed by atoms with Crippen molar-refractivity contribution in [3.8, 4) is 11.5 Å². The molecule has 0 radical (unpaired) electrons. The Morgan fingerprint density at radius 3 is 2.26 bits per heavy atom. The van der Waals surface area contributed by atoms with Gasteiger partial charge in [0.1, 0.15) is 0 Å². The molecule has 2 aromatic rings. The maximum absolute atomic E-state index is 13.3. The molecule has 0 saturated carbocycles. The maximum atomic E-state index is 13.3. The number of esters is 1. The molecule has 8 nitrogen and oxygen atoms in total. The van der Waals surface area contributed by atoms with E-state index in [1.807, 2.05) is 51.1 Å². The lowest BCUT2D eigenvalue weighted by atomic mass is 9.83. The average molecular weight is 483 g/mol. The minimum absolute atomic E-state index is 0.0862. The first-order valence-electron chi connectivity index (χ1n) is 11.9. The zero-order valence-electron chi connectivity index (χ0n) is 21.1. The Bertz CT molecular complexity index is 1050. The van der Waals surface area contributed by atoms with Gasteiger partial charge in [0.2, 0.25) is 5.91 Å². The molecule has 0 spiro atoms. The summed E-state index contributed by atoms with van der Waals surface area (Å²) in [5, 5.41) is 0. The number of carbonyl (C=O) groups is 3. The molecule has 1 heterocycles. The molecule has 2 atom stereocenters. The van der Waals surface area contributed by atoms with Gasteiger partial charge in [-0.15, -0.1) is 0 Å². The fourth-order valence-electron chi connectivity index (χ4n) is 4.47. The van der Waals surface area contributed by atoms with Crippen molar-refractivity contribution in [1.29, 1.82) is 0 Å². The van der Waals surface area contributed by atoms with Gasteiger partial charge in [-0.1, -0.05) is 23.8 Å². The summed E-state index contributed by atoms with van der Waals surface area (Å²) in [4.78, 5) is 42.2. The van der Waals surface area contributed by atoms with Crippen molar-refractivity contribution in [2.45, 2.75) is 39.7 Å². The molecule has 2 aromatic carbocycles. The Labute approximate surface area is 206 Å². The predicted molar refractivity (Wildman–Crippen MR) is 133 cm³/mol. The van der Waals surface area contributed by atoms with Crippen LogP contribution in [0.25, 0.3) is 0 Å². The van der Waals surface area contributed by atoms with Crippen molar-refractivity contribution in [3.05, 3.63) is 53.6 Å². The van der Waals surface area contributed by atoms with Gasteiger partial charge in [0, 0.05) is 25.2 Å². The lowest BCUT2D eigenvalue weighted by Gasteiger charge is -2.40. The van der Waals surface area contributed by atoms with E-state index in [-0.39, 0.29) is 24.8 Å². The summed E-state index contributed by atoms with van der Waals surface area (Å²) >= 11 is 0. The number of methoxy groups -OCH3 is 2. The number of nitrogens with zero attached hydrogens (tertiary/aromatic N) is 2. The highest BCUT2D eigenvalue weighted by Gasteiger charge is 2.42. The molecule has 0 N–H and O–H groups in total. The van der Waals surface area contributed by atoms with E-state index in [1.165, 1.54) is 7.11 Å². The largest absolute Gasteiger partial charge is 0.493 e. The zero-order valence-corrected chi connectivity index (χ0v) is 21.1. The van der Waals surface area contributed by atoms with Gasteiger partial charge in [-0.3, -0.25) is 14.4 Å². The van der Waals surface area contributed by atoms with E-state index in [9.17, 15) is 14.4 Å². The van der Waals surface area contributed by atoms with E-state index in [4.69, 9.17) is 14.2 Å². The van der Waals surface area contributed by atoms with Crippen LogP contribution in [0.15, 0.2) is 42.5 Å². The third-order valence-corrected chi connectivity index (χ3v) is 6.42. The van der Waals surface area contributed by atoms with Crippen LogP contribution in [0.2, 0.25) is 0 Å². The molecule has 0 aliphatic carbocycles. The molecule has 1 fully saturated rings. The summed E-state index contributed by atoms with van der Waals surface area (Å²) in [6.07, 6.45) is 0.514. The van der Waals surface area contributed by atoms with E-state index < -0.39 is 17.9 Å². The lowest BCUT2D eigenvalue weighted by Crippen LogP contribution is -2.46. The Kier molecular flexibility index (Phi) is 8.73. The van der Waals surface area contributed by atoms with Crippen LogP contribution in [0.1, 0.15) is 43.9 Å². The molecule has 35 heavy (non-hydrogen) atoms. The molecule has 0 bridgehead atoms. The predicted octanol–water partition coefficient (Wildman–Crippen LogP) is 3.91. The van der Waals surface area contributed by atoms with Gasteiger partial charge < -0.3 is 24.0 Å². The minimum atomic E-state index is -0.656. The second-order valence-electron chi connectivity index (χ2n) is 8.48. The summed E-state index contributed by atoms with van der Waals surface area (Å²) in [5.74, 6) is -0.448. The number of carbonyl (C=O) groups excluding carboxylic acids is 3. The van der Waals surface area contributed by atoms with Crippen LogP contribution in [0.5, 0.6) is 11.5 Å². The number of likely N-dealkylation sites (N-methyl/N-ethyl adjacent to an activating group) is 1. The van der Waals surface area contributed by atoms with Gasteiger partial charge in [0.05, 0.1) is 26.2 Å². The number of ether oxygens (including phenoxy) is 3. The Balaban J connectivity index is 2.00. The number of anilines is 1. The van der Waals surface area contributed by atoms with Gasteiger partial charge in [-0.2, -0.15) is 0 Å². The molecule has 188 valence electrons. The standard InChI is InChI=1S/C27H34N2O6/c1-6-28(7-2)25(31)17-35-27(32)21-13-15-24(30)29(20-11-8-18(3)9-12-20)26(21)19-10-14-22(33-4)23(16-19)34-5/h8-12,14,16,21,26H,6-7,13,15,17H2,1-5H3. The van der Waals surface area contributed by atoms with E-state index in [0.717, 1.165) is 5.56 Å². The average Bonchev–Trinajstić information content (AvgIpc) is 2.88. The molecule has 1 aliphatic heterocycles. The van der Waals surface area contributed by atoms with Crippen LogP contribution >= 0.6 is 0 Å². The van der Waals surface area contributed by atoms with E-state index in [1.54, 1.807) is 29.0 Å². The number of aryl methyl sites for hydroxylation is 1. The van der Waals surface area contributed by atoms with Gasteiger partial charge in [-0.25, -0.2) is 0 Å². The summed E-state index contributed by atoms with van der Waals surface area (Å²) in [7, 11) is 3.09. The van der Waals surface area contributed by atoms with Crippen molar-refractivity contribution >= 4 is 23.5 Å². The summed E-state index contributed by atoms with van der Waals surface area (Å²) in [6.45, 7) is 6.49. The second-order valence-corrected chi connectivity index (χ2v) is 8.48. The number of hydrogen-bond acceptors (Lipinski definition) is 6. The Morgan fingerprint density at radius 2 is 1.66 bits per heavy atom. The number of piperidine rings is 1. The van der Waals surface area contributed by atoms with Gasteiger partial charge >= 0.3 is 5.97 Å². The highest BCUT2D eigenvalue weighted by molar-refractivity contribution is 5.97. The van der Waals surface area contributed by atoms with Crippen molar-refractivity contribution in [2.24, 2.45) is 5.92 Å². The minimum Gasteiger partial charge on any atom is -0.493 e. The molecule has 3 rings (SSSR count). The molecular weight excluding hydrogens is 448 g/mol. The van der Waals surface area contributed by atoms with E-state index in [2.05, 4.69) is 0 Å². The molecule has 1 saturated heterocycles. The van der Waals surface area contributed by atoms with Crippen molar-refractivity contribution < 1.29 is 28.6 Å². The fraction of sp³-hybridized carbons (Fsp3) is 0.444. The van der Waals surface area contributed by atoms with E-state index >= 15 is 0 Å². The van der Waals surface area contributed by atoms with Gasteiger partial charge in [0.15, 0.2) is 18.1 Å². The molecule has 2 unspecified atom stereocenters. The topological polar surface area (TPSA) is 85.4 Å². The van der Waals surface area contributed by atoms with Gasteiger partial charge in [-0.05, 0) is 57.0 Å². The molecular formula is C27H34N2O6. The lowest BCUT2D eigenvalue weighted by molar-refractivity contribution is -0.157. The van der Waals surface area contributed by atoms with Crippen LogP contribution in [0.4, 0.5) is 5.69 Å². The first-order chi connectivity index (χ1) is 16.8. The molecule has 1 aliphatic rings. The third-order valence-electron chi connectivity index (χ3n) is 6.42. The number of benzene rings is 2. The van der Waals surface area contributed by atoms with E-state index in [0.29, 0.717) is 42.3 Å². The normalized spacial score (nSPS) is 17.6. The summed E-state index contributed by atoms with van der Waals surface area (Å²) in [5.41, 5.74) is 2.47. The highest BCUT2D eigenvalue weighted by atomic mass is 16.5. The molecule has 8 heteroatoms. The maximum Gasteiger partial charge on any atom is 0.311 e. The number of hydrogen-bond donors (Lipinski definition) is 0. The second kappa shape index (κ2) is 11.7. The first-order valence-corrected chi connectivity index (χ1v) is 11.9. The smallest absolute Gasteiger partial charge is 0.311 e. The first kappa shape index (κ1) is 26.1. The van der Waals surface area contributed by atoms with Crippen LogP contribution in [0, 0.1) is 12.8 Å². The van der Waals surface area contributed by atoms with Crippen LogP contribution in [-0.4, -0.2) is 56.6 Å². The van der Waals surface area contributed by atoms with Crippen LogP contribution in [-0.2, 0) is 19.1 Å². The zero-order chi connectivity index (χ0) is 25.5. The van der Waals surface area contributed by atoms with Gasteiger partial charge in [0.25, 0.3) is 5.91 Å². The third kappa shape index (κ3) is 5.75. The van der Waals surface area contributed by atoms with Crippen molar-refractivity contribution in [2.75, 3.05) is 38.8 Å². The SMILES string of the molecule is CCN(CC)C(=O)COC(=O)C1CCC(=O)N(c2ccc(C)cc2)C1c1ccc(OC)c(OC)c1. The number of rotatable bonds is 9. The van der Waals surface area contributed by atoms with Crippen molar-refractivity contribution in [3.63, 3.8) is 0 Å². The number of amides is 2. The molecule has 2 amide bonds. The van der Waals surface area contributed by atoms with Crippen molar-refractivity contribution in [1.82, 2.24) is 4.90 Å². The van der Waals surface area contributed by atoms with Crippen LogP contribution in [0.3, 0.4) is 0 Å².